The number of aryl methyl sites for hydroxylation is 1. The SMILES string of the molecule is C#Cc1ccc(C(C(=O)Nc2c(C)cccc2Cl)N(CC#N)C(=O)C(CC(N)=O)NC(=O)OC(C)(C)C)cc1. The van der Waals surface area contributed by atoms with E-state index in [0.29, 0.717) is 22.4 Å². The number of hydrogen-bond acceptors (Lipinski definition) is 6. The molecule has 0 saturated carbocycles. The second-order valence-corrected chi connectivity index (χ2v) is 9.99. The molecule has 4 N–H and O–H groups in total. The van der Waals surface area contributed by atoms with Crippen LogP contribution in [0.25, 0.3) is 0 Å². The summed E-state index contributed by atoms with van der Waals surface area (Å²) in [6.07, 6.45) is 3.87. The fourth-order valence-corrected chi connectivity index (χ4v) is 3.91. The average molecular weight is 552 g/mol. The van der Waals surface area contributed by atoms with E-state index < -0.39 is 54.5 Å². The average Bonchev–Trinajstić information content (AvgIpc) is 2.84. The molecule has 4 amide bonds. The standard InChI is InChI=1S/C28H30ClN5O5/c1-6-18-10-12-19(13-11-18)24(25(36)33-23-17(2)8-7-9-20(23)29)34(15-14-30)26(37)21(16-22(31)35)32-27(38)39-28(3,4)5/h1,7-13,21,24H,15-16H2,2-5H3,(H2,31,35)(H,32,38)(H,33,36). The molecule has 2 aromatic carbocycles. The Balaban J connectivity index is 2.58. The number of carbonyl (C=O) groups excluding carboxylic acids is 4. The Morgan fingerprint density at radius 1 is 1.15 bits per heavy atom. The molecule has 0 aliphatic heterocycles. The summed E-state index contributed by atoms with van der Waals surface area (Å²) in [5.74, 6) is -0.0257. The van der Waals surface area contributed by atoms with Crippen LogP contribution in [-0.2, 0) is 19.1 Å². The maximum absolute atomic E-state index is 13.8. The van der Waals surface area contributed by atoms with E-state index in [2.05, 4.69) is 16.6 Å². The van der Waals surface area contributed by atoms with Crippen molar-refractivity contribution in [3.05, 3.63) is 64.2 Å². The highest BCUT2D eigenvalue weighted by molar-refractivity contribution is 6.34. The summed E-state index contributed by atoms with van der Waals surface area (Å²) < 4.78 is 5.21. The molecule has 0 aliphatic rings. The van der Waals surface area contributed by atoms with Crippen molar-refractivity contribution in [3.63, 3.8) is 0 Å². The third kappa shape index (κ3) is 8.77. The third-order valence-electron chi connectivity index (χ3n) is 5.34. The molecule has 0 saturated heterocycles. The van der Waals surface area contributed by atoms with Crippen LogP contribution in [0.3, 0.4) is 0 Å². The molecule has 0 heterocycles. The Hall–Kier alpha value is -4.54. The lowest BCUT2D eigenvalue weighted by molar-refractivity contribution is -0.141. The first-order valence-electron chi connectivity index (χ1n) is 11.8. The van der Waals surface area contributed by atoms with Gasteiger partial charge < -0.3 is 26.0 Å². The van der Waals surface area contributed by atoms with Crippen LogP contribution in [-0.4, -0.2) is 46.9 Å². The van der Waals surface area contributed by atoms with Crippen LogP contribution in [0.1, 0.15) is 49.9 Å². The number of anilines is 1. The lowest BCUT2D eigenvalue weighted by Crippen LogP contribution is -2.53. The number of rotatable bonds is 9. The fourth-order valence-electron chi connectivity index (χ4n) is 3.64. The molecule has 39 heavy (non-hydrogen) atoms. The van der Waals surface area contributed by atoms with Gasteiger partial charge in [-0.15, -0.1) is 6.42 Å². The Morgan fingerprint density at radius 2 is 1.79 bits per heavy atom. The predicted molar refractivity (Wildman–Crippen MR) is 146 cm³/mol. The maximum atomic E-state index is 13.8. The maximum Gasteiger partial charge on any atom is 0.408 e. The van der Waals surface area contributed by atoms with E-state index in [9.17, 15) is 24.4 Å². The van der Waals surface area contributed by atoms with Crippen LogP contribution in [0.2, 0.25) is 5.02 Å². The summed E-state index contributed by atoms with van der Waals surface area (Å²) in [5, 5.41) is 14.9. The first-order chi connectivity index (χ1) is 18.3. The number of para-hydroxylation sites is 1. The Morgan fingerprint density at radius 3 is 2.31 bits per heavy atom. The van der Waals surface area contributed by atoms with Crippen LogP contribution in [0, 0.1) is 30.6 Å². The van der Waals surface area contributed by atoms with Crippen molar-refractivity contribution in [1.29, 1.82) is 5.26 Å². The second kappa shape index (κ2) is 13.3. The van der Waals surface area contributed by atoms with Crippen molar-refractivity contribution in [2.45, 2.75) is 51.8 Å². The molecule has 10 nitrogen and oxygen atoms in total. The zero-order valence-corrected chi connectivity index (χ0v) is 22.8. The van der Waals surface area contributed by atoms with Crippen molar-refractivity contribution in [2.24, 2.45) is 5.73 Å². The zero-order valence-electron chi connectivity index (χ0n) is 22.1. The van der Waals surface area contributed by atoms with E-state index in [1.54, 1.807) is 70.2 Å². The van der Waals surface area contributed by atoms with Crippen molar-refractivity contribution in [3.8, 4) is 18.4 Å². The topological polar surface area (TPSA) is 155 Å². The van der Waals surface area contributed by atoms with Gasteiger partial charge in [0.25, 0.3) is 5.91 Å². The number of ether oxygens (including phenoxy) is 1. The predicted octanol–water partition coefficient (Wildman–Crippen LogP) is 3.43. The summed E-state index contributed by atoms with van der Waals surface area (Å²) in [4.78, 5) is 52.7. The highest BCUT2D eigenvalue weighted by Gasteiger charge is 2.37. The number of alkyl carbamates (subject to hydrolysis) is 1. The van der Waals surface area contributed by atoms with Crippen molar-refractivity contribution >= 4 is 41.1 Å². The second-order valence-electron chi connectivity index (χ2n) is 9.58. The fraction of sp³-hybridized carbons (Fsp3) is 0.321. The molecule has 2 aromatic rings. The van der Waals surface area contributed by atoms with Gasteiger partial charge in [-0.25, -0.2) is 4.79 Å². The molecule has 0 fully saturated rings. The number of nitrogens with one attached hydrogen (secondary N) is 2. The number of hydrogen-bond donors (Lipinski definition) is 3. The van der Waals surface area contributed by atoms with E-state index in [1.807, 2.05) is 6.07 Å². The van der Waals surface area contributed by atoms with Crippen molar-refractivity contribution < 1.29 is 23.9 Å². The minimum atomic E-state index is -1.52. The van der Waals surface area contributed by atoms with Gasteiger partial charge in [-0.2, -0.15) is 5.26 Å². The number of nitrogens with zero attached hydrogens (tertiary/aromatic N) is 2. The molecule has 0 aromatic heterocycles. The van der Waals surface area contributed by atoms with Gasteiger partial charge in [0.05, 0.1) is 23.2 Å². The largest absolute Gasteiger partial charge is 0.444 e. The van der Waals surface area contributed by atoms with Gasteiger partial charge in [-0.05, 0) is 57.0 Å². The molecule has 204 valence electrons. The molecule has 0 aliphatic carbocycles. The van der Waals surface area contributed by atoms with E-state index in [1.165, 1.54) is 0 Å². The lowest BCUT2D eigenvalue weighted by atomic mass is 10.0. The van der Waals surface area contributed by atoms with Gasteiger partial charge >= 0.3 is 6.09 Å². The summed E-state index contributed by atoms with van der Waals surface area (Å²) in [6, 6.07) is 10.2. The highest BCUT2D eigenvalue weighted by atomic mass is 35.5. The summed E-state index contributed by atoms with van der Waals surface area (Å²) in [7, 11) is 0. The van der Waals surface area contributed by atoms with Gasteiger partial charge in [-0.1, -0.05) is 41.8 Å². The number of nitrogens with two attached hydrogens (primary N) is 1. The quantitative estimate of drug-likeness (QED) is 0.320. The molecule has 2 unspecified atom stereocenters. The Bertz CT molecular complexity index is 1300. The van der Waals surface area contributed by atoms with Crippen LogP contribution in [0.15, 0.2) is 42.5 Å². The van der Waals surface area contributed by atoms with E-state index >= 15 is 0 Å². The summed E-state index contributed by atoms with van der Waals surface area (Å²) in [6.45, 7) is 6.04. The minimum Gasteiger partial charge on any atom is -0.444 e. The molecular formula is C28H30ClN5O5. The smallest absolute Gasteiger partial charge is 0.408 e. The third-order valence-corrected chi connectivity index (χ3v) is 5.66. The van der Waals surface area contributed by atoms with E-state index in [-0.39, 0.29) is 5.02 Å². The van der Waals surface area contributed by atoms with E-state index in [0.717, 1.165) is 4.90 Å². The zero-order chi connectivity index (χ0) is 29.3. The number of benzene rings is 2. The first kappa shape index (κ1) is 30.7. The number of nitriles is 1. The Kier molecular flexibility index (Phi) is 10.5. The van der Waals surface area contributed by atoms with Crippen LogP contribution < -0.4 is 16.4 Å². The van der Waals surface area contributed by atoms with Crippen molar-refractivity contribution in [2.75, 3.05) is 11.9 Å². The molecule has 2 atom stereocenters. The number of amides is 4. The number of primary amides is 1. The van der Waals surface area contributed by atoms with Crippen LogP contribution >= 0.6 is 11.6 Å². The van der Waals surface area contributed by atoms with Gasteiger partial charge in [0.15, 0.2) is 0 Å². The van der Waals surface area contributed by atoms with Gasteiger partial charge in [0, 0.05) is 5.56 Å². The van der Waals surface area contributed by atoms with Gasteiger partial charge in [0.1, 0.15) is 24.2 Å². The van der Waals surface area contributed by atoms with Gasteiger partial charge in [-0.3, -0.25) is 14.4 Å². The van der Waals surface area contributed by atoms with Crippen molar-refractivity contribution in [1.82, 2.24) is 10.2 Å². The highest BCUT2D eigenvalue weighted by Crippen LogP contribution is 2.29. The van der Waals surface area contributed by atoms with Crippen LogP contribution in [0.5, 0.6) is 0 Å². The monoisotopic (exact) mass is 551 g/mol. The lowest BCUT2D eigenvalue weighted by Gasteiger charge is -2.32. The van der Waals surface area contributed by atoms with Gasteiger partial charge in [0.2, 0.25) is 11.8 Å². The number of carbonyl (C=O) groups is 4. The molecular weight excluding hydrogens is 522 g/mol. The molecule has 0 radical (unpaired) electrons. The molecule has 2 rings (SSSR count). The summed E-state index contributed by atoms with van der Waals surface area (Å²) in [5.41, 5.74) is 6.26. The normalized spacial score (nSPS) is 12.2. The molecule has 0 spiro atoms. The molecule has 11 heteroatoms. The molecule has 0 bridgehead atoms. The Labute approximate surface area is 232 Å². The number of terminal acetylenes is 1. The minimum absolute atomic E-state index is 0.265. The number of halogens is 1. The van der Waals surface area contributed by atoms with Crippen LogP contribution in [0.4, 0.5) is 10.5 Å². The summed E-state index contributed by atoms with van der Waals surface area (Å²) >= 11 is 6.30. The van der Waals surface area contributed by atoms with E-state index in [4.69, 9.17) is 28.5 Å². The first-order valence-corrected chi connectivity index (χ1v) is 12.2.